The fraction of sp³-hybridized carbons (Fsp3) is 0.400. The number of rotatable bonds is 5. The van der Waals surface area contributed by atoms with E-state index >= 15 is 0 Å². The number of hydrogen-bond donors (Lipinski definition) is 1. The van der Waals surface area contributed by atoms with Crippen LogP contribution in [0, 0.1) is 0 Å². The number of carbonyl (C=O) groups is 1. The Bertz CT molecular complexity index is 807. The Labute approximate surface area is 192 Å². The third-order valence-electron chi connectivity index (χ3n) is 4.71. The van der Waals surface area contributed by atoms with Crippen LogP contribution in [0.1, 0.15) is 16.0 Å². The number of hydrogen-bond acceptors (Lipinski definition) is 4. The third-order valence-corrected chi connectivity index (χ3v) is 6.48. The van der Waals surface area contributed by atoms with Crippen LogP contribution in [0.4, 0.5) is 0 Å². The van der Waals surface area contributed by atoms with E-state index in [-0.39, 0.29) is 36.4 Å². The van der Waals surface area contributed by atoms with Gasteiger partial charge in [0.25, 0.3) is 0 Å². The van der Waals surface area contributed by atoms with E-state index in [1.165, 1.54) is 20.9 Å². The zero-order valence-corrected chi connectivity index (χ0v) is 20.4. The van der Waals surface area contributed by atoms with E-state index < -0.39 is 0 Å². The molecule has 152 valence electrons. The Morgan fingerprint density at radius 3 is 2.75 bits per heavy atom. The van der Waals surface area contributed by atoms with Gasteiger partial charge in [-0.3, -0.25) is 9.79 Å². The lowest BCUT2D eigenvalue weighted by Crippen LogP contribution is -2.46. The number of benzene rings is 1. The molecule has 0 spiro atoms. The first-order valence-corrected chi connectivity index (χ1v) is 11.1. The maximum atomic E-state index is 12.6. The first kappa shape index (κ1) is 23.0. The van der Waals surface area contributed by atoms with Gasteiger partial charge in [0.05, 0.1) is 6.54 Å². The molecule has 0 radical (unpaired) electrons. The molecule has 1 N–H and O–H groups in total. The first-order chi connectivity index (χ1) is 13.1. The van der Waals surface area contributed by atoms with Gasteiger partial charge in [-0.2, -0.15) is 0 Å². The lowest BCUT2D eigenvalue weighted by atomic mass is 10.1. The molecule has 1 aromatic heterocycles. The summed E-state index contributed by atoms with van der Waals surface area (Å²) in [6, 6.07) is 10.6. The predicted molar refractivity (Wildman–Crippen MR) is 130 cm³/mol. The normalized spacial score (nSPS) is 13.5. The smallest absolute Gasteiger partial charge is 0.242 e. The zero-order valence-electron chi connectivity index (χ0n) is 16.5. The van der Waals surface area contributed by atoms with Gasteiger partial charge in [0.15, 0.2) is 5.96 Å². The molecule has 0 bridgehead atoms. The van der Waals surface area contributed by atoms with Crippen LogP contribution in [0.25, 0.3) is 0 Å². The summed E-state index contributed by atoms with van der Waals surface area (Å²) in [6.45, 7) is 2.52. The second-order valence-electron chi connectivity index (χ2n) is 6.54. The molecule has 0 fully saturated rings. The molecule has 3 rings (SSSR count). The van der Waals surface area contributed by atoms with Crippen LogP contribution in [0.3, 0.4) is 0 Å². The first-order valence-electron chi connectivity index (χ1n) is 8.98. The van der Waals surface area contributed by atoms with E-state index in [4.69, 9.17) is 0 Å². The predicted octanol–water partition coefficient (Wildman–Crippen LogP) is 3.68. The standard InChI is InChI=1S/C20H26N4OS2.HI/c1-21-20(23(2)13-15-4-6-17(26-3)7-5-15)22-12-19(25)24-10-8-18-16(14-24)9-11-27-18;/h4-7,9,11H,8,10,12-14H2,1-3H3,(H,21,22);1H. The average molecular weight is 531 g/mol. The van der Waals surface area contributed by atoms with Gasteiger partial charge in [-0.15, -0.1) is 47.1 Å². The second-order valence-corrected chi connectivity index (χ2v) is 8.42. The molecular weight excluding hydrogens is 503 g/mol. The summed E-state index contributed by atoms with van der Waals surface area (Å²) in [7, 11) is 3.74. The van der Waals surface area contributed by atoms with Crippen molar-refractivity contribution < 1.29 is 4.79 Å². The zero-order chi connectivity index (χ0) is 19.2. The van der Waals surface area contributed by atoms with Crippen molar-refractivity contribution in [2.75, 3.05) is 33.4 Å². The van der Waals surface area contributed by atoms with Crippen LogP contribution in [-0.4, -0.2) is 55.1 Å². The van der Waals surface area contributed by atoms with Gasteiger partial charge in [-0.1, -0.05) is 12.1 Å². The molecule has 0 saturated heterocycles. The number of carbonyl (C=O) groups excluding carboxylic acids is 1. The number of thioether (sulfide) groups is 1. The van der Waals surface area contributed by atoms with Gasteiger partial charge in [-0.25, -0.2) is 0 Å². The summed E-state index contributed by atoms with van der Waals surface area (Å²) in [4.78, 5) is 23.5. The minimum absolute atomic E-state index is 0. The van der Waals surface area contributed by atoms with Crippen LogP contribution in [-0.2, 0) is 24.3 Å². The number of nitrogens with zero attached hydrogens (tertiary/aromatic N) is 3. The number of aliphatic imine (C=N–C) groups is 1. The number of guanidine groups is 1. The van der Waals surface area contributed by atoms with Crippen molar-refractivity contribution in [2.24, 2.45) is 4.99 Å². The number of amides is 1. The van der Waals surface area contributed by atoms with Crippen LogP contribution >= 0.6 is 47.1 Å². The fourth-order valence-electron chi connectivity index (χ4n) is 3.19. The Hall–Kier alpha value is -1.26. The minimum Gasteiger partial charge on any atom is -0.347 e. The molecule has 8 heteroatoms. The highest BCUT2D eigenvalue weighted by molar-refractivity contribution is 14.0. The molecule has 1 aliphatic rings. The molecule has 28 heavy (non-hydrogen) atoms. The van der Waals surface area contributed by atoms with E-state index in [2.05, 4.69) is 52.3 Å². The van der Waals surface area contributed by atoms with E-state index in [0.29, 0.717) is 0 Å². The van der Waals surface area contributed by atoms with Crippen molar-refractivity contribution in [3.63, 3.8) is 0 Å². The lowest BCUT2D eigenvalue weighted by Gasteiger charge is -2.28. The largest absolute Gasteiger partial charge is 0.347 e. The molecular formula is C20H27IN4OS2. The van der Waals surface area contributed by atoms with E-state index in [9.17, 15) is 4.79 Å². The summed E-state index contributed by atoms with van der Waals surface area (Å²) in [5.74, 6) is 0.844. The third kappa shape index (κ3) is 5.87. The molecule has 5 nitrogen and oxygen atoms in total. The number of fused-ring (bicyclic) bond motifs is 1. The van der Waals surface area contributed by atoms with E-state index in [0.717, 1.165) is 32.0 Å². The van der Waals surface area contributed by atoms with Gasteiger partial charge in [0, 0.05) is 43.5 Å². The van der Waals surface area contributed by atoms with Crippen LogP contribution < -0.4 is 5.32 Å². The van der Waals surface area contributed by atoms with Crippen molar-refractivity contribution in [3.05, 3.63) is 51.7 Å². The minimum atomic E-state index is 0. The molecule has 1 aromatic carbocycles. The Balaban J connectivity index is 0.00000280. The SMILES string of the molecule is CN=C(NCC(=O)N1CCc2sccc2C1)N(C)Cc1ccc(SC)cc1.I. The van der Waals surface area contributed by atoms with Gasteiger partial charge in [0.2, 0.25) is 5.91 Å². The van der Waals surface area contributed by atoms with Crippen molar-refractivity contribution in [3.8, 4) is 0 Å². The summed E-state index contributed by atoms with van der Waals surface area (Å²) in [5, 5.41) is 5.32. The number of nitrogens with one attached hydrogen (secondary N) is 1. The van der Waals surface area contributed by atoms with Crippen molar-refractivity contribution in [1.82, 2.24) is 15.1 Å². The average Bonchev–Trinajstić information content (AvgIpc) is 3.16. The van der Waals surface area contributed by atoms with Crippen LogP contribution in [0.15, 0.2) is 45.6 Å². The summed E-state index contributed by atoms with van der Waals surface area (Å²) >= 11 is 3.52. The lowest BCUT2D eigenvalue weighted by molar-refractivity contribution is -0.130. The van der Waals surface area contributed by atoms with Crippen molar-refractivity contribution in [1.29, 1.82) is 0 Å². The molecule has 2 heterocycles. The fourth-order valence-corrected chi connectivity index (χ4v) is 4.49. The molecule has 0 unspecified atom stereocenters. The monoisotopic (exact) mass is 530 g/mol. The summed E-state index contributed by atoms with van der Waals surface area (Å²) in [6.07, 6.45) is 3.03. The van der Waals surface area contributed by atoms with Gasteiger partial charge >= 0.3 is 0 Å². The Morgan fingerprint density at radius 2 is 2.07 bits per heavy atom. The van der Waals surface area contributed by atoms with Crippen molar-refractivity contribution in [2.45, 2.75) is 24.4 Å². The van der Waals surface area contributed by atoms with Crippen LogP contribution in [0.5, 0.6) is 0 Å². The quantitative estimate of drug-likeness (QED) is 0.278. The van der Waals surface area contributed by atoms with Crippen LogP contribution in [0.2, 0.25) is 0 Å². The molecule has 1 amide bonds. The molecule has 2 aromatic rings. The highest BCUT2D eigenvalue weighted by Gasteiger charge is 2.21. The van der Waals surface area contributed by atoms with Crippen molar-refractivity contribution >= 4 is 58.9 Å². The topological polar surface area (TPSA) is 47.9 Å². The maximum Gasteiger partial charge on any atom is 0.242 e. The van der Waals surface area contributed by atoms with Gasteiger partial charge < -0.3 is 15.1 Å². The van der Waals surface area contributed by atoms with E-state index in [1.54, 1.807) is 30.1 Å². The van der Waals surface area contributed by atoms with Gasteiger partial charge in [-0.05, 0) is 47.4 Å². The maximum absolute atomic E-state index is 12.6. The number of halogens is 1. The molecule has 1 aliphatic heterocycles. The summed E-state index contributed by atoms with van der Waals surface area (Å²) in [5.41, 5.74) is 2.50. The Morgan fingerprint density at radius 1 is 1.32 bits per heavy atom. The highest BCUT2D eigenvalue weighted by atomic mass is 127. The summed E-state index contributed by atoms with van der Waals surface area (Å²) < 4.78 is 0. The molecule has 0 saturated carbocycles. The Kier molecular flexibility index (Phi) is 9.10. The van der Waals surface area contributed by atoms with E-state index in [1.807, 2.05) is 16.8 Å². The van der Waals surface area contributed by atoms with Gasteiger partial charge in [0.1, 0.15) is 0 Å². The molecule has 0 atom stereocenters. The second kappa shape index (κ2) is 11.1. The molecule has 0 aliphatic carbocycles. The highest BCUT2D eigenvalue weighted by Crippen LogP contribution is 2.23. The number of thiophene rings is 1.